The Bertz CT molecular complexity index is 580. The monoisotopic (exact) mass is 301 g/mol. The van der Waals surface area contributed by atoms with Crippen LogP contribution in [0.4, 0.5) is 0 Å². The molecule has 2 aromatic carbocycles. The summed E-state index contributed by atoms with van der Waals surface area (Å²) in [6.45, 7) is 5.21. The Kier molecular flexibility index (Phi) is 5.71. The van der Waals surface area contributed by atoms with Crippen LogP contribution in [-0.4, -0.2) is 19.9 Å². The molecule has 0 aliphatic carbocycles. The second-order valence-corrected chi connectivity index (χ2v) is 5.87. The third-order valence-corrected chi connectivity index (χ3v) is 4.39. The maximum Gasteiger partial charge on any atom is 0.119 e. The largest absolute Gasteiger partial charge is 0.497 e. The quantitative estimate of drug-likeness (QED) is 0.798. The molecule has 112 valence electrons. The molecule has 2 rings (SSSR count). The van der Waals surface area contributed by atoms with E-state index in [1.54, 1.807) is 18.9 Å². The van der Waals surface area contributed by atoms with Crippen molar-refractivity contribution >= 4 is 11.8 Å². The maximum absolute atomic E-state index is 5.30. The Morgan fingerprint density at radius 3 is 2.38 bits per heavy atom. The van der Waals surface area contributed by atoms with Crippen LogP contribution in [0, 0.1) is 6.92 Å². The number of nitrogens with one attached hydrogen (secondary N) is 1. The smallest absolute Gasteiger partial charge is 0.119 e. The number of hydrogen-bond acceptors (Lipinski definition) is 3. The van der Waals surface area contributed by atoms with Gasteiger partial charge in [-0.05, 0) is 60.7 Å². The summed E-state index contributed by atoms with van der Waals surface area (Å²) in [5.74, 6) is 0.907. The molecule has 3 heteroatoms. The zero-order chi connectivity index (χ0) is 15.2. The fourth-order valence-corrected chi connectivity index (χ4v) is 2.92. The van der Waals surface area contributed by atoms with Crippen LogP contribution in [0.5, 0.6) is 5.75 Å². The third-order valence-electron chi connectivity index (χ3n) is 3.65. The lowest BCUT2D eigenvalue weighted by molar-refractivity contribution is 0.414. The summed E-state index contributed by atoms with van der Waals surface area (Å²) in [7, 11) is 1.71. The lowest BCUT2D eigenvalue weighted by Crippen LogP contribution is -2.22. The van der Waals surface area contributed by atoms with Crippen LogP contribution in [0.15, 0.2) is 47.4 Å². The van der Waals surface area contributed by atoms with Crippen LogP contribution in [0.3, 0.4) is 0 Å². The maximum atomic E-state index is 5.30. The SMILES string of the molecule is CCNC(c1ccc(SC)cc1)c1ccc(OC)cc1C. The first-order valence-electron chi connectivity index (χ1n) is 7.21. The van der Waals surface area contributed by atoms with E-state index < -0.39 is 0 Å². The van der Waals surface area contributed by atoms with Crippen LogP contribution < -0.4 is 10.1 Å². The first kappa shape index (κ1) is 15.9. The molecule has 1 atom stereocenters. The van der Waals surface area contributed by atoms with E-state index >= 15 is 0 Å². The molecule has 2 nitrogen and oxygen atoms in total. The van der Waals surface area contributed by atoms with Crippen molar-refractivity contribution in [3.63, 3.8) is 0 Å². The van der Waals surface area contributed by atoms with Crippen molar-refractivity contribution < 1.29 is 4.74 Å². The second kappa shape index (κ2) is 7.53. The minimum absolute atomic E-state index is 0.219. The molecule has 1 unspecified atom stereocenters. The van der Waals surface area contributed by atoms with Gasteiger partial charge in [-0.1, -0.05) is 25.1 Å². The number of ether oxygens (including phenoxy) is 1. The minimum atomic E-state index is 0.219. The molecular weight excluding hydrogens is 278 g/mol. The summed E-state index contributed by atoms with van der Waals surface area (Å²) < 4.78 is 5.30. The molecule has 0 aromatic heterocycles. The van der Waals surface area contributed by atoms with Crippen molar-refractivity contribution in [2.45, 2.75) is 24.8 Å². The summed E-state index contributed by atoms with van der Waals surface area (Å²) in [6.07, 6.45) is 2.10. The Morgan fingerprint density at radius 1 is 1.14 bits per heavy atom. The standard InChI is InChI=1S/C18H23NOS/c1-5-19-18(14-6-9-16(21-4)10-7-14)17-11-8-15(20-3)12-13(17)2/h6-12,18-19H,5H2,1-4H3. The number of rotatable bonds is 6. The van der Waals surface area contributed by atoms with Crippen molar-refractivity contribution in [3.05, 3.63) is 59.2 Å². The van der Waals surface area contributed by atoms with E-state index in [-0.39, 0.29) is 6.04 Å². The van der Waals surface area contributed by atoms with Crippen molar-refractivity contribution in [1.82, 2.24) is 5.32 Å². The molecule has 1 N–H and O–H groups in total. The van der Waals surface area contributed by atoms with E-state index in [2.05, 4.69) is 61.8 Å². The minimum Gasteiger partial charge on any atom is -0.497 e. The lowest BCUT2D eigenvalue weighted by atomic mass is 9.95. The molecule has 0 fully saturated rings. The van der Waals surface area contributed by atoms with E-state index in [1.165, 1.54) is 21.6 Å². The molecule has 0 saturated carbocycles. The first-order chi connectivity index (χ1) is 10.2. The fourth-order valence-electron chi connectivity index (χ4n) is 2.51. The van der Waals surface area contributed by atoms with Crippen molar-refractivity contribution in [3.8, 4) is 5.75 Å². The summed E-state index contributed by atoms with van der Waals surface area (Å²) in [6, 6.07) is 15.3. The van der Waals surface area contributed by atoms with Gasteiger partial charge in [0.25, 0.3) is 0 Å². The molecule has 0 radical (unpaired) electrons. The Morgan fingerprint density at radius 2 is 1.86 bits per heavy atom. The second-order valence-electron chi connectivity index (χ2n) is 4.99. The van der Waals surface area contributed by atoms with E-state index in [9.17, 15) is 0 Å². The van der Waals surface area contributed by atoms with Gasteiger partial charge < -0.3 is 10.1 Å². The molecule has 0 amide bonds. The normalized spacial score (nSPS) is 12.2. The van der Waals surface area contributed by atoms with Gasteiger partial charge in [0.2, 0.25) is 0 Å². The molecule has 2 aromatic rings. The highest BCUT2D eigenvalue weighted by atomic mass is 32.2. The van der Waals surface area contributed by atoms with Gasteiger partial charge in [0.15, 0.2) is 0 Å². The molecule has 0 aliphatic heterocycles. The van der Waals surface area contributed by atoms with Crippen molar-refractivity contribution in [2.75, 3.05) is 19.9 Å². The number of hydrogen-bond donors (Lipinski definition) is 1. The summed E-state index contributed by atoms with van der Waals surface area (Å²) in [4.78, 5) is 1.29. The van der Waals surface area contributed by atoms with Gasteiger partial charge in [-0.25, -0.2) is 0 Å². The van der Waals surface area contributed by atoms with Gasteiger partial charge in [0.1, 0.15) is 5.75 Å². The summed E-state index contributed by atoms with van der Waals surface area (Å²) >= 11 is 1.77. The number of aryl methyl sites for hydroxylation is 1. The predicted molar refractivity (Wildman–Crippen MR) is 91.5 cm³/mol. The van der Waals surface area contributed by atoms with Crippen LogP contribution in [0.1, 0.15) is 29.7 Å². The molecule has 0 aliphatic rings. The molecule has 0 bridgehead atoms. The van der Waals surface area contributed by atoms with Gasteiger partial charge in [-0.3, -0.25) is 0 Å². The molecule has 0 spiro atoms. The Hall–Kier alpha value is -1.45. The Labute approximate surface area is 131 Å². The van der Waals surface area contributed by atoms with Crippen molar-refractivity contribution in [2.24, 2.45) is 0 Å². The van der Waals surface area contributed by atoms with Crippen LogP contribution in [0.25, 0.3) is 0 Å². The fraction of sp³-hybridized carbons (Fsp3) is 0.333. The summed E-state index contributed by atoms with van der Waals surface area (Å²) in [5.41, 5.74) is 3.84. The first-order valence-corrected chi connectivity index (χ1v) is 8.44. The van der Waals surface area contributed by atoms with Gasteiger partial charge in [0, 0.05) is 4.90 Å². The topological polar surface area (TPSA) is 21.3 Å². The average Bonchev–Trinajstić information content (AvgIpc) is 2.53. The highest BCUT2D eigenvalue weighted by molar-refractivity contribution is 7.98. The third kappa shape index (κ3) is 3.80. The molecular formula is C18H23NOS. The average molecular weight is 301 g/mol. The molecule has 0 saturated heterocycles. The van der Waals surface area contributed by atoms with E-state index in [0.717, 1.165) is 12.3 Å². The van der Waals surface area contributed by atoms with Crippen LogP contribution in [0.2, 0.25) is 0 Å². The van der Waals surface area contributed by atoms with Crippen LogP contribution >= 0.6 is 11.8 Å². The van der Waals surface area contributed by atoms with E-state index in [0.29, 0.717) is 0 Å². The number of thioether (sulfide) groups is 1. The molecule has 0 heterocycles. The van der Waals surface area contributed by atoms with Gasteiger partial charge >= 0.3 is 0 Å². The lowest BCUT2D eigenvalue weighted by Gasteiger charge is -2.21. The Balaban J connectivity index is 2.37. The summed E-state index contributed by atoms with van der Waals surface area (Å²) in [5, 5.41) is 3.58. The number of methoxy groups -OCH3 is 1. The van der Waals surface area contributed by atoms with Gasteiger partial charge in [-0.15, -0.1) is 11.8 Å². The van der Waals surface area contributed by atoms with E-state index in [1.807, 2.05) is 6.07 Å². The molecule has 21 heavy (non-hydrogen) atoms. The van der Waals surface area contributed by atoms with E-state index in [4.69, 9.17) is 4.74 Å². The van der Waals surface area contributed by atoms with Gasteiger partial charge in [-0.2, -0.15) is 0 Å². The predicted octanol–water partition coefficient (Wildman–Crippen LogP) is 4.42. The van der Waals surface area contributed by atoms with Gasteiger partial charge in [0.05, 0.1) is 13.2 Å². The zero-order valence-electron chi connectivity index (χ0n) is 13.1. The highest BCUT2D eigenvalue weighted by Crippen LogP contribution is 2.28. The highest BCUT2D eigenvalue weighted by Gasteiger charge is 2.15. The zero-order valence-corrected chi connectivity index (χ0v) is 14.0. The number of benzene rings is 2. The van der Waals surface area contributed by atoms with Crippen LogP contribution in [-0.2, 0) is 0 Å². The van der Waals surface area contributed by atoms with Crippen molar-refractivity contribution in [1.29, 1.82) is 0 Å².